The van der Waals surface area contributed by atoms with E-state index in [-0.39, 0.29) is 11.6 Å². The van der Waals surface area contributed by atoms with Crippen molar-refractivity contribution in [2.24, 2.45) is 0 Å². The van der Waals surface area contributed by atoms with Gasteiger partial charge in [-0.15, -0.1) is 0 Å². The zero-order valence-corrected chi connectivity index (χ0v) is 9.74. The van der Waals surface area contributed by atoms with Gasteiger partial charge in [0.25, 0.3) is 0 Å². The molecule has 1 rings (SSSR count). The molecule has 0 unspecified atom stereocenters. The normalized spacial score (nSPS) is 11.9. The molecule has 1 N–H and O–H groups in total. The lowest BCUT2D eigenvalue weighted by Crippen LogP contribution is -1.87. The third-order valence-corrected chi connectivity index (χ3v) is 2.69. The Morgan fingerprint density at radius 2 is 2.13 bits per heavy atom. The second kappa shape index (κ2) is 5.50. The fourth-order valence-electron chi connectivity index (χ4n) is 1.17. The van der Waals surface area contributed by atoms with E-state index >= 15 is 0 Å². The second-order valence-corrected chi connectivity index (χ2v) is 4.01. The molecule has 0 heterocycles. The summed E-state index contributed by atoms with van der Waals surface area (Å²) in [5.41, 5.74) is 1.36. The predicted molar refractivity (Wildman–Crippen MR) is 61.8 cm³/mol. The van der Waals surface area contributed by atoms with E-state index in [0.29, 0.717) is 17.0 Å². The maximum atomic E-state index is 13.1. The van der Waals surface area contributed by atoms with Gasteiger partial charge in [-0.1, -0.05) is 34.9 Å². The molecule has 82 valence electrons. The van der Waals surface area contributed by atoms with E-state index in [1.807, 2.05) is 6.92 Å². The predicted octanol–water partition coefficient (Wildman–Crippen LogP) is 3.92. The standard InChI is InChI=1S/C11H11Cl2FO/c1-7(4-5-15)6-8-9(12)2-3-10(14)11(8)13/h2-3,6,15H,4-5H2,1H3. The van der Waals surface area contributed by atoms with E-state index in [9.17, 15) is 4.39 Å². The first-order valence-electron chi connectivity index (χ1n) is 4.47. The summed E-state index contributed by atoms with van der Waals surface area (Å²) in [4.78, 5) is 0. The Bertz CT molecular complexity index is 388. The monoisotopic (exact) mass is 248 g/mol. The molecule has 0 aliphatic rings. The average Bonchev–Trinajstić information content (AvgIpc) is 2.19. The topological polar surface area (TPSA) is 20.2 Å². The summed E-state index contributed by atoms with van der Waals surface area (Å²) < 4.78 is 13.1. The molecule has 0 saturated heterocycles. The van der Waals surface area contributed by atoms with Crippen molar-refractivity contribution in [2.75, 3.05) is 6.61 Å². The molecule has 0 amide bonds. The van der Waals surface area contributed by atoms with Gasteiger partial charge in [-0.3, -0.25) is 0 Å². The minimum Gasteiger partial charge on any atom is -0.396 e. The van der Waals surface area contributed by atoms with Crippen LogP contribution >= 0.6 is 23.2 Å². The van der Waals surface area contributed by atoms with Crippen molar-refractivity contribution in [2.45, 2.75) is 13.3 Å². The van der Waals surface area contributed by atoms with E-state index in [0.717, 1.165) is 5.57 Å². The summed E-state index contributed by atoms with van der Waals surface area (Å²) in [6.07, 6.45) is 2.20. The van der Waals surface area contributed by atoms with E-state index in [2.05, 4.69) is 0 Å². The molecule has 0 radical (unpaired) electrons. The average molecular weight is 249 g/mol. The molecular formula is C11H11Cl2FO. The van der Waals surface area contributed by atoms with E-state index < -0.39 is 5.82 Å². The van der Waals surface area contributed by atoms with Crippen LogP contribution in [-0.4, -0.2) is 11.7 Å². The highest BCUT2D eigenvalue weighted by atomic mass is 35.5. The van der Waals surface area contributed by atoms with Crippen LogP contribution in [0, 0.1) is 5.82 Å². The summed E-state index contributed by atoms with van der Waals surface area (Å²) in [6, 6.07) is 2.68. The van der Waals surface area contributed by atoms with Crippen LogP contribution in [-0.2, 0) is 0 Å². The van der Waals surface area contributed by atoms with Crippen LogP contribution in [0.15, 0.2) is 17.7 Å². The van der Waals surface area contributed by atoms with Crippen molar-refractivity contribution in [3.8, 4) is 0 Å². The number of rotatable bonds is 3. The Hall–Kier alpha value is -0.570. The molecule has 1 aromatic carbocycles. The van der Waals surface area contributed by atoms with Crippen LogP contribution in [0.25, 0.3) is 6.08 Å². The summed E-state index contributed by atoms with van der Waals surface area (Å²) in [6.45, 7) is 1.88. The fourth-order valence-corrected chi connectivity index (χ4v) is 1.65. The van der Waals surface area contributed by atoms with Crippen molar-refractivity contribution in [1.29, 1.82) is 0 Å². The molecule has 0 bridgehead atoms. The highest BCUT2D eigenvalue weighted by Gasteiger charge is 2.08. The quantitative estimate of drug-likeness (QED) is 0.805. The number of hydrogen-bond donors (Lipinski definition) is 1. The van der Waals surface area contributed by atoms with Gasteiger partial charge in [-0.2, -0.15) is 0 Å². The molecule has 4 heteroatoms. The minimum atomic E-state index is -0.496. The molecular weight excluding hydrogens is 238 g/mol. The Balaban J connectivity index is 3.13. The molecule has 0 saturated carbocycles. The third kappa shape index (κ3) is 3.20. The molecule has 0 atom stereocenters. The smallest absolute Gasteiger partial charge is 0.142 e. The summed E-state index contributed by atoms with van der Waals surface area (Å²) >= 11 is 11.7. The largest absolute Gasteiger partial charge is 0.396 e. The van der Waals surface area contributed by atoms with Crippen molar-refractivity contribution in [1.82, 2.24) is 0 Å². The van der Waals surface area contributed by atoms with E-state index in [1.165, 1.54) is 12.1 Å². The van der Waals surface area contributed by atoms with Crippen LogP contribution in [0.3, 0.4) is 0 Å². The van der Waals surface area contributed by atoms with Gasteiger partial charge < -0.3 is 5.11 Å². The number of halogens is 3. The SMILES string of the molecule is CC(=Cc1c(Cl)ccc(F)c1Cl)CCO. The van der Waals surface area contributed by atoms with Crippen LogP contribution in [0.5, 0.6) is 0 Å². The molecule has 0 aromatic heterocycles. The van der Waals surface area contributed by atoms with Gasteiger partial charge in [0.1, 0.15) is 5.82 Å². The molecule has 0 aliphatic heterocycles. The molecule has 15 heavy (non-hydrogen) atoms. The van der Waals surface area contributed by atoms with Gasteiger partial charge >= 0.3 is 0 Å². The minimum absolute atomic E-state index is 0.0137. The second-order valence-electron chi connectivity index (χ2n) is 3.22. The first-order valence-corrected chi connectivity index (χ1v) is 5.23. The van der Waals surface area contributed by atoms with Gasteiger partial charge in [0, 0.05) is 17.2 Å². The molecule has 1 nitrogen and oxygen atoms in total. The first-order chi connectivity index (χ1) is 7.06. The summed E-state index contributed by atoms with van der Waals surface area (Å²) in [7, 11) is 0. The van der Waals surface area contributed by atoms with Crippen molar-refractivity contribution >= 4 is 29.3 Å². The Kier molecular flexibility index (Phi) is 4.58. The zero-order valence-electron chi connectivity index (χ0n) is 8.23. The maximum Gasteiger partial charge on any atom is 0.142 e. The highest BCUT2D eigenvalue weighted by Crippen LogP contribution is 2.29. The lowest BCUT2D eigenvalue weighted by Gasteiger charge is -2.04. The van der Waals surface area contributed by atoms with Crippen LogP contribution in [0.4, 0.5) is 4.39 Å². The van der Waals surface area contributed by atoms with Crippen molar-refractivity contribution < 1.29 is 9.50 Å². The van der Waals surface area contributed by atoms with Crippen molar-refractivity contribution in [3.05, 3.63) is 39.1 Å². The van der Waals surface area contributed by atoms with Crippen LogP contribution < -0.4 is 0 Å². The Morgan fingerprint density at radius 3 is 2.73 bits per heavy atom. The van der Waals surface area contributed by atoms with E-state index in [1.54, 1.807) is 6.08 Å². The lowest BCUT2D eigenvalue weighted by atomic mass is 10.1. The number of aliphatic hydroxyl groups excluding tert-OH is 1. The maximum absolute atomic E-state index is 13.1. The number of aliphatic hydroxyl groups is 1. The van der Waals surface area contributed by atoms with Crippen LogP contribution in [0.2, 0.25) is 10.0 Å². The molecule has 1 aromatic rings. The van der Waals surface area contributed by atoms with Gasteiger partial charge in [0.15, 0.2) is 0 Å². The van der Waals surface area contributed by atoms with Gasteiger partial charge in [0.05, 0.1) is 5.02 Å². The summed E-state index contributed by atoms with van der Waals surface area (Å²) in [5, 5.41) is 9.14. The van der Waals surface area contributed by atoms with Gasteiger partial charge in [-0.05, 0) is 25.5 Å². The Labute approximate surface area is 98.1 Å². The highest BCUT2D eigenvalue weighted by molar-refractivity contribution is 6.37. The fraction of sp³-hybridized carbons (Fsp3) is 0.273. The first kappa shape index (κ1) is 12.5. The van der Waals surface area contributed by atoms with Gasteiger partial charge in [-0.25, -0.2) is 4.39 Å². The lowest BCUT2D eigenvalue weighted by molar-refractivity contribution is 0.299. The zero-order chi connectivity index (χ0) is 11.4. The molecule has 0 aliphatic carbocycles. The number of hydrogen-bond acceptors (Lipinski definition) is 1. The van der Waals surface area contributed by atoms with E-state index in [4.69, 9.17) is 28.3 Å². The third-order valence-electron chi connectivity index (χ3n) is 1.98. The summed E-state index contributed by atoms with van der Waals surface area (Å²) in [5.74, 6) is -0.496. The Morgan fingerprint density at radius 1 is 1.47 bits per heavy atom. The molecule has 0 spiro atoms. The van der Waals surface area contributed by atoms with Crippen LogP contribution in [0.1, 0.15) is 18.9 Å². The molecule has 0 fully saturated rings. The van der Waals surface area contributed by atoms with Crippen molar-refractivity contribution in [3.63, 3.8) is 0 Å². The van der Waals surface area contributed by atoms with Gasteiger partial charge in [0.2, 0.25) is 0 Å². The number of benzene rings is 1.